The van der Waals surface area contributed by atoms with Gasteiger partial charge in [-0.25, -0.2) is 15.0 Å². The first-order valence-corrected chi connectivity index (χ1v) is 10.2. The van der Waals surface area contributed by atoms with Crippen LogP contribution in [0.25, 0.3) is 10.8 Å². The highest BCUT2D eigenvalue weighted by molar-refractivity contribution is 7.13. The van der Waals surface area contributed by atoms with Gasteiger partial charge in [-0.3, -0.25) is 0 Å². The van der Waals surface area contributed by atoms with Crippen LogP contribution in [0.5, 0.6) is 0 Å². The molecular formula is C18H25N5O2S. The van der Waals surface area contributed by atoms with Gasteiger partial charge in [-0.05, 0) is 19.8 Å². The van der Waals surface area contributed by atoms with E-state index in [2.05, 4.69) is 15.2 Å². The first kappa shape index (κ1) is 17.6. The summed E-state index contributed by atoms with van der Waals surface area (Å²) in [4.78, 5) is 16.2. The van der Waals surface area contributed by atoms with Gasteiger partial charge in [0.15, 0.2) is 10.8 Å². The van der Waals surface area contributed by atoms with E-state index in [-0.39, 0.29) is 12.1 Å². The normalized spacial score (nSPS) is 23.8. The lowest BCUT2D eigenvalue weighted by Crippen LogP contribution is -2.38. The Kier molecular flexibility index (Phi) is 5.33. The minimum absolute atomic E-state index is 0.0436. The number of hydrogen-bond acceptors (Lipinski definition) is 8. The third-order valence-electron chi connectivity index (χ3n) is 4.92. The SMILES string of the molecule is Cc1csc(-c2nc(NC3CCCC[C@@H]3O)cc(N3CCOCC3)n2)n1. The van der Waals surface area contributed by atoms with Crippen LogP contribution >= 0.6 is 11.3 Å². The van der Waals surface area contributed by atoms with Gasteiger partial charge in [-0.15, -0.1) is 11.3 Å². The maximum absolute atomic E-state index is 10.3. The Balaban J connectivity index is 1.65. The smallest absolute Gasteiger partial charge is 0.192 e. The largest absolute Gasteiger partial charge is 0.391 e. The van der Waals surface area contributed by atoms with Crippen molar-refractivity contribution in [3.8, 4) is 10.8 Å². The molecule has 2 aromatic rings. The van der Waals surface area contributed by atoms with Crippen LogP contribution in [0.15, 0.2) is 11.4 Å². The van der Waals surface area contributed by atoms with E-state index in [1.54, 1.807) is 11.3 Å². The highest BCUT2D eigenvalue weighted by Gasteiger charge is 2.24. The number of rotatable bonds is 4. The van der Waals surface area contributed by atoms with Crippen molar-refractivity contribution in [1.82, 2.24) is 15.0 Å². The molecule has 4 rings (SSSR count). The van der Waals surface area contributed by atoms with Crippen LogP contribution in [0.4, 0.5) is 11.6 Å². The van der Waals surface area contributed by atoms with Crippen molar-refractivity contribution in [1.29, 1.82) is 0 Å². The molecule has 26 heavy (non-hydrogen) atoms. The Hall–Kier alpha value is -1.77. The first-order chi connectivity index (χ1) is 12.7. The summed E-state index contributed by atoms with van der Waals surface area (Å²) in [6.07, 6.45) is 3.71. The predicted molar refractivity (Wildman–Crippen MR) is 103 cm³/mol. The van der Waals surface area contributed by atoms with Gasteiger partial charge in [0.1, 0.15) is 11.6 Å². The van der Waals surface area contributed by atoms with Crippen molar-refractivity contribution in [3.05, 3.63) is 17.1 Å². The molecule has 0 bridgehead atoms. The Morgan fingerprint density at radius 2 is 2.00 bits per heavy atom. The van der Waals surface area contributed by atoms with Crippen LogP contribution in [0.2, 0.25) is 0 Å². The molecule has 140 valence electrons. The minimum atomic E-state index is -0.323. The summed E-state index contributed by atoms with van der Waals surface area (Å²) in [6, 6.07) is 2.03. The van der Waals surface area contributed by atoms with Gasteiger partial charge < -0.3 is 20.1 Å². The number of anilines is 2. The Labute approximate surface area is 157 Å². The second-order valence-electron chi connectivity index (χ2n) is 6.93. The summed E-state index contributed by atoms with van der Waals surface area (Å²) in [7, 11) is 0. The zero-order valence-electron chi connectivity index (χ0n) is 15.0. The summed E-state index contributed by atoms with van der Waals surface area (Å²) in [6.45, 7) is 5.03. The zero-order valence-corrected chi connectivity index (χ0v) is 15.8. The van der Waals surface area contributed by atoms with Crippen LogP contribution in [0, 0.1) is 6.92 Å². The van der Waals surface area contributed by atoms with Crippen molar-refractivity contribution in [2.24, 2.45) is 0 Å². The average Bonchev–Trinajstić information content (AvgIpc) is 3.11. The first-order valence-electron chi connectivity index (χ1n) is 9.28. The molecule has 7 nitrogen and oxygen atoms in total. The van der Waals surface area contributed by atoms with Gasteiger partial charge in [0.25, 0.3) is 0 Å². The van der Waals surface area contributed by atoms with Gasteiger partial charge >= 0.3 is 0 Å². The lowest BCUT2D eigenvalue weighted by molar-refractivity contribution is 0.116. The zero-order chi connectivity index (χ0) is 17.9. The lowest BCUT2D eigenvalue weighted by Gasteiger charge is -2.30. The van der Waals surface area contributed by atoms with E-state index in [4.69, 9.17) is 14.7 Å². The number of nitrogens with one attached hydrogen (secondary N) is 1. The van der Waals surface area contributed by atoms with Gasteiger partial charge in [0.2, 0.25) is 0 Å². The summed E-state index contributed by atoms with van der Waals surface area (Å²) in [5.41, 5.74) is 0.975. The van der Waals surface area contributed by atoms with Gasteiger partial charge in [0.05, 0.1) is 25.4 Å². The fraction of sp³-hybridized carbons (Fsp3) is 0.611. The monoisotopic (exact) mass is 375 g/mol. The summed E-state index contributed by atoms with van der Waals surface area (Å²) < 4.78 is 5.46. The molecule has 2 aromatic heterocycles. The average molecular weight is 375 g/mol. The second kappa shape index (κ2) is 7.85. The molecule has 8 heteroatoms. The van der Waals surface area contributed by atoms with E-state index in [1.165, 1.54) is 0 Å². The number of hydrogen-bond donors (Lipinski definition) is 2. The Morgan fingerprint density at radius 1 is 1.19 bits per heavy atom. The van der Waals surface area contributed by atoms with Gasteiger partial charge in [0, 0.05) is 30.2 Å². The molecule has 1 saturated carbocycles. The number of aliphatic hydroxyl groups is 1. The van der Waals surface area contributed by atoms with Gasteiger partial charge in [-0.2, -0.15) is 0 Å². The third kappa shape index (κ3) is 3.97. The minimum Gasteiger partial charge on any atom is -0.391 e. The van der Waals surface area contributed by atoms with E-state index in [9.17, 15) is 5.11 Å². The van der Waals surface area contributed by atoms with E-state index >= 15 is 0 Å². The summed E-state index contributed by atoms with van der Waals surface area (Å²) in [5.74, 6) is 2.29. The van der Waals surface area contributed by atoms with E-state index < -0.39 is 0 Å². The van der Waals surface area contributed by atoms with E-state index in [0.717, 1.165) is 61.1 Å². The van der Waals surface area contributed by atoms with Crippen molar-refractivity contribution >= 4 is 23.0 Å². The summed E-state index contributed by atoms with van der Waals surface area (Å²) >= 11 is 1.56. The molecule has 1 unspecified atom stereocenters. The number of nitrogens with zero attached hydrogens (tertiary/aromatic N) is 4. The van der Waals surface area contributed by atoms with Crippen LogP contribution in [0.1, 0.15) is 31.4 Å². The van der Waals surface area contributed by atoms with Crippen molar-refractivity contribution in [2.45, 2.75) is 44.8 Å². The molecule has 1 saturated heterocycles. The maximum atomic E-state index is 10.3. The molecule has 2 atom stereocenters. The predicted octanol–water partition coefficient (Wildman–Crippen LogP) is 2.46. The molecule has 2 N–H and O–H groups in total. The van der Waals surface area contributed by atoms with E-state index in [1.807, 2.05) is 18.4 Å². The molecule has 3 heterocycles. The van der Waals surface area contributed by atoms with Crippen molar-refractivity contribution < 1.29 is 9.84 Å². The topological polar surface area (TPSA) is 83.4 Å². The van der Waals surface area contributed by atoms with Crippen LogP contribution < -0.4 is 10.2 Å². The summed E-state index contributed by atoms with van der Waals surface area (Å²) in [5, 5.41) is 16.6. The standard InChI is InChI=1S/C18H25N5O2S/c1-12-11-26-18(19-12)17-21-15(20-13-4-2-3-5-14(13)24)10-16(22-17)23-6-8-25-9-7-23/h10-11,13-14,24H,2-9H2,1H3,(H,20,21,22)/t13?,14-/m0/s1. The molecule has 0 aromatic carbocycles. The third-order valence-corrected chi connectivity index (χ3v) is 5.88. The molecule has 1 aliphatic carbocycles. The molecule has 0 amide bonds. The molecule has 1 aliphatic heterocycles. The molecule has 2 aliphatic rings. The quantitative estimate of drug-likeness (QED) is 0.849. The van der Waals surface area contributed by atoms with E-state index in [0.29, 0.717) is 19.0 Å². The maximum Gasteiger partial charge on any atom is 0.192 e. The second-order valence-corrected chi connectivity index (χ2v) is 7.79. The van der Waals surface area contributed by atoms with Gasteiger partial charge in [-0.1, -0.05) is 12.8 Å². The lowest BCUT2D eigenvalue weighted by atomic mass is 9.92. The highest BCUT2D eigenvalue weighted by atomic mass is 32.1. The molecule has 2 fully saturated rings. The molecule has 0 radical (unpaired) electrons. The van der Waals surface area contributed by atoms with Crippen molar-refractivity contribution in [2.75, 3.05) is 36.5 Å². The fourth-order valence-electron chi connectivity index (χ4n) is 3.48. The van der Waals surface area contributed by atoms with Crippen LogP contribution in [-0.4, -0.2) is 58.5 Å². The number of thiazole rings is 1. The number of ether oxygens (including phenoxy) is 1. The fourth-order valence-corrected chi connectivity index (χ4v) is 4.21. The highest BCUT2D eigenvalue weighted by Crippen LogP contribution is 2.28. The number of aryl methyl sites for hydroxylation is 1. The van der Waals surface area contributed by atoms with Crippen LogP contribution in [-0.2, 0) is 4.74 Å². The number of morpholine rings is 1. The number of aromatic nitrogens is 3. The Morgan fingerprint density at radius 3 is 2.73 bits per heavy atom. The van der Waals surface area contributed by atoms with Crippen LogP contribution in [0.3, 0.4) is 0 Å². The number of aliphatic hydroxyl groups excluding tert-OH is 1. The van der Waals surface area contributed by atoms with Crippen molar-refractivity contribution in [3.63, 3.8) is 0 Å². The Bertz CT molecular complexity index is 747. The molecule has 0 spiro atoms. The molecular weight excluding hydrogens is 350 g/mol.